The summed E-state index contributed by atoms with van der Waals surface area (Å²) in [6.07, 6.45) is 1.93. The van der Waals surface area contributed by atoms with Gasteiger partial charge < -0.3 is 5.32 Å². The van der Waals surface area contributed by atoms with Crippen molar-refractivity contribution in [1.82, 2.24) is 9.97 Å². The van der Waals surface area contributed by atoms with E-state index in [1.54, 1.807) is 0 Å². The Kier molecular flexibility index (Phi) is 4.50. The average molecular weight is 255 g/mol. The van der Waals surface area contributed by atoms with Gasteiger partial charge in [0.05, 0.1) is 0 Å². The van der Waals surface area contributed by atoms with Gasteiger partial charge in [-0.3, -0.25) is 0 Å². The second-order valence-electron chi connectivity index (χ2n) is 4.88. The molecule has 1 heterocycles. The topological polar surface area (TPSA) is 37.8 Å². The molecule has 0 aliphatic carbocycles. The number of benzene rings is 1. The summed E-state index contributed by atoms with van der Waals surface area (Å²) in [5.74, 6) is 1.75. The van der Waals surface area contributed by atoms with Crippen molar-refractivity contribution in [1.29, 1.82) is 0 Å². The molecule has 1 N–H and O–H groups in total. The first-order chi connectivity index (χ1) is 9.17. The number of hydrogen-bond acceptors (Lipinski definition) is 3. The largest absolute Gasteiger partial charge is 0.367 e. The van der Waals surface area contributed by atoms with E-state index < -0.39 is 0 Å². The molecule has 1 atom stereocenters. The molecule has 3 heteroatoms. The fourth-order valence-corrected chi connectivity index (χ4v) is 2.16. The minimum atomic E-state index is 0.349. The quantitative estimate of drug-likeness (QED) is 0.890. The van der Waals surface area contributed by atoms with Gasteiger partial charge >= 0.3 is 0 Å². The Hall–Kier alpha value is -1.90. The summed E-state index contributed by atoms with van der Waals surface area (Å²) in [4.78, 5) is 8.83. The summed E-state index contributed by atoms with van der Waals surface area (Å²) < 4.78 is 0. The summed E-state index contributed by atoms with van der Waals surface area (Å²) in [7, 11) is 0. The van der Waals surface area contributed by atoms with Gasteiger partial charge in [0.2, 0.25) is 0 Å². The Morgan fingerprint density at radius 3 is 2.58 bits per heavy atom. The number of hydrogen-bond donors (Lipinski definition) is 1. The van der Waals surface area contributed by atoms with Crippen molar-refractivity contribution in [2.45, 2.75) is 39.7 Å². The lowest BCUT2D eigenvalue weighted by Gasteiger charge is -2.15. The molecule has 0 spiro atoms. The summed E-state index contributed by atoms with van der Waals surface area (Å²) in [6.45, 7) is 6.22. The van der Waals surface area contributed by atoms with Crippen LogP contribution >= 0.6 is 0 Å². The van der Waals surface area contributed by atoms with Gasteiger partial charge in [-0.25, -0.2) is 9.97 Å². The maximum Gasteiger partial charge on any atom is 0.130 e. The summed E-state index contributed by atoms with van der Waals surface area (Å²) in [5, 5.41) is 3.45. The van der Waals surface area contributed by atoms with Crippen LogP contribution in [0.25, 0.3) is 0 Å². The van der Waals surface area contributed by atoms with Crippen molar-refractivity contribution in [3.8, 4) is 0 Å². The second-order valence-corrected chi connectivity index (χ2v) is 4.88. The van der Waals surface area contributed by atoms with Crippen molar-refractivity contribution in [3.05, 3.63) is 53.5 Å². The van der Waals surface area contributed by atoms with E-state index in [0.29, 0.717) is 6.04 Å². The highest BCUT2D eigenvalue weighted by Crippen LogP contribution is 2.11. The third kappa shape index (κ3) is 4.05. The molecule has 1 unspecified atom stereocenters. The van der Waals surface area contributed by atoms with Crippen LogP contribution in [0, 0.1) is 6.92 Å². The van der Waals surface area contributed by atoms with E-state index in [9.17, 15) is 0 Å². The molecule has 1 aromatic heterocycles. The lowest BCUT2D eigenvalue weighted by molar-refractivity contribution is 0.780. The lowest BCUT2D eigenvalue weighted by atomic mass is 10.1. The minimum Gasteiger partial charge on any atom is -0.367 e. The van der Waals surface area contributed by atoms with Crippen LogP contribution in [0.15, 0.2) is 36.4 Å². The minimum absolute atomic E-state index is 0.349. The molecule has 0 aliphatic rings. The van der Waals surface area contributed by atoms with Gasteiger partial charge in [-0.1, -0.05) is 37.3 Å². The van der Waals surface area contributed by atoms with Crippen LogP contribution in [0.2, 0.25) is 0 Å². The third-order valence-electron chi connectivity index (χ3n) is 3.03. The Morgan fingerprint density at radius 1 is 1.16 bits per heavy atom. The van der Waals surface area contributed by atoms with Crippen LogP contribution < -0.4 is 5.32 Å². The number of nitrogens with one attached hydrogen (secondary N) is 1. The Morgan fingerprint density at radius 2 is 1.89 bits per heavy atom. The molecule has 0 amide bonds. The highest BCUT2D eigenvalue weighted by molar-refractivity contribution is 5.37. The standard InChI is InChI=1S/C16H21N3/c1-4-15-11-16(19-13(3)18-15)17-12(2)10-14-8-6-5-7-9-14/h5-9,11-12H,4,10H2,1-3H3,(H,17,18,19). The molecule has 0 radical (unpaired) electrons. The Labute approximate surface area is 115 Å². The molecule has 0 saturated heterocycles. The van der Waals surface area contributed by atoms with E-state index in [0.717, 1.165) is 30.2 Å². The molecule has 0 aliphatic heterocycles. The molecular weight excluding hydrogens is 234 g/mol. The number of nitrogens with zero attached hydrogens (tertiary/aromatic N) is 2. The lowest BCUT2D eigenvalue weighted by Crippen LogP contribution is -2.19. The molecule has 0 bridgehead atoms. The second kappa shape index (κ2) is 6.32. The fraction of sp³-hybridized carbons (Fsp3) is 0.375. The number of aromatic nitrogens is 2. The van der Waals surface area contributed by atoms with Crippen LogP contribution in [0.3, 0.4) is 0 Å². The van der Waals surface area contributed by atoms with Crippen LogP contribution in [-0.2, 0) is 12.8 Å². The first-order valence-corrected chi connectivity index (χ1v) is 6.82. The van der Waals surface area contributed by atoms with E-state index in [1.807, 2.05) is 19.1 Å². The molecule has 2 aromatic rings. The maximum absolute atomic E-state index is 4.44. The first kappa shape index (κ1) is 13.5. The summed E-state index contributed by atoms with van der Waals surface area (Å²) in [6, 6.07) is 12.9. The van der Waals surface area contributed by atoms with E-state index >= 15 is 0 Å². The molecule has 3 nitrogen and oxygen atoms in total. The van der Waals surface area contributed by atoms with E-state index in [4.69, 9.17) is 0 Å². The van der Waals surface area contributed by atoms with Crippen molar-refractivity contribution in [3.63, 3.8) is 0 Å². The van der Waals surface area contributed by atoms with Crippen molar-refractivity contribution >= 4 is 5.82 Å². The van der Waals surface area contributed by atoms with Crippen LogP contribution in [0.1, 0.15) is 30.9 Å². The molecule has 0 fully saturated rings. The predicted octanol–water partition coefficient (Wildman–Crippen LogP) is 3.39. The smallest absolute Gasteiger partial charge is 0.130 e. The summed E-state index contributed by atoms with van der Waals surface area (Å²) >= 11 is 0. The fourth-order valence-electron chi connectivity index (χ4n) is 2.16. The molecule has 2 rings (SSSR count). The van der Waals surface area contributed by atoms with Crippen molar-refractivity contribution in [2.75, 3.05) is 5.32 Å². The van der Waals surface area contributed by atoms with Crippen molar-refractivity contribution < 1.29 is 0 Å². The predicted molar refractivity (Wildman–Crippen MR) is 79.4 cm³/mol. The number of aryl methyl sites for hydroxylation is 2. The van der Waals surface area contributed by atoms with Gasteiger partial charge in [0, 0.05) is 17.8 Å². The van der Waals surface area contributed by atoms with E-state index in [2.05, 4.69) is 53.4 Å². The molecule has 0 saturated carbocycles. The Bertz CT molecular complexity index is 523. The number of rotatable bonds is 5. The molecule has 100 valence electrons. The van der Waals surface area contributed by atoms with E-state index in [-0.39, 0.29) is 0 Å². The zero-order valence-electron chi connectivity index (χ0n) is 11.9. The number of anilines is 1. The SMILES string of the molecule is CCc1cc(NC(C)Cc2ccccc2)nc(C)n1. The highest BCUT2D eigenvalue weighted by Gasteiger charge is 2.06. The van der Waals surface area contributed by atoms with Crippen LogP contribution in [0.4, 0.5) is 5.82 Å². The van der Waals surface area contributed by atoms with Crippen molar-refractivity contribution in [2.24, 2.45) is 0 Å². The molecular formula is C16H21N3. The van der Waals surface area contributed by atoms with Crippen LogP contribution in [0.5, 0.6) is 0 Å². The first-order valence-electron chi connectivity index (χ1n) is 6.82. The van der Waals surface area contributed by atoms with Crippen LogP contribution in [-0.4, -0.2) is 16.0 Å². The third-order valence-corrected chi connectivity index (χ3v) is 3.03. The van der Waals surface area contributed by atoms with Gasteiger partial charge in [0.15, 0.2) is 0 Å². The molecule has 1 aromatic carbocycles. The van der Waals surface area contributed by atoms with Gasteiger partial charge in [-0.2, -0.15) is 0 Å². The van der Waals surface area contributed by atoms with E-state index in [1.165, 1.54) is 5.56 Å². The average Bonchev–Trinajstić information content (AvgIpc) is 2.38. The van der Waals surface area contributed by atoms with Gasteiger partial charge in [0.25, 0.3) is 0 Å². The monoisotopic (exact) mass is 255 g/mol. The maximum atomic E-state index is 4.44. The zero-order chi connectivity index (χ0) is 13.7. The highest BCUT2D eigenvalue weighted by atomic mass is 15.0. The normalized spacial score (nSPS) is 12.2. The van der Waals surface area contributed by atoms with Gasteiger partial charge in [-0.15, -0.1) is 0 Å². The van der Waals surface area contributed by atoms with Gasteiger partial charge in [0.1, 0.15) is 11.6 Å². The summed E-state index contributed by atoms with van der Waals surface area (Å²) in [5.41, 5.74) is 2.42. The molecule has 19 heavy (non-hydrogen) atoms. The zero-order valence-corrected chi connectivity index (χ0v) is 11.9. The van der Waals surface area contributed by atoms with Gasteiger partial charge in [-0.05, 0) is 32.3 Å². The Balaban J connectivity index is 2.02.